The van der Waals surface area contributed by atoms with E-state index < -0.39 is 5.72 Å². The van der Waals surface area contributed by atoms with E-state index in [2.05, 4.69) is 10.6 Å². The van der Waals surface area contributed by atoms with Crippen molar-refractivity contribution in [1.29, 1.82) is 0 Å². The Morgan fingerprint density at radius 3 is 2.80 bits per heavy atom. The standard InChI is InChI=1S/C14H17N3O2S/c1-14-10(12(18)17(2)3)11(15-13(20)16-14)8-6-4-5-7-9(8)19-14/h4-7,10-11H,1-3H3,(H2,15,16,20)/t10-,11+,14+/m1/s1. The average molecular weight is 291 g/mol. The fourth-order valence-electron chi connectivity index (χ4n) is 2.94. The largest absolute Gasteiger partial charge is 0.467 e. The summed E-state index contributed by atoms with van der Waals surface area (Å²) in [7, 11) is 3.50. The van der Waals surface area contributed by atoms with Gasteiger partial charge in [-0.1, -0.05) is 18.2 Å². The molecular formula is C14H17N3O2S. The molecule has 1 aromatic carbocycles. The van der Waals surface area contributed by atoms with Gasteiger partial charge in [-0.05, 0) is 25.2 Å². The van der Waals surface area contributed by atoms with Crippen LogP contribution < -0.4 is 15.4 Å². The molecule has 20 heavy (non-hydrogen) atoms. The van der Waals surface area contributed by atoms with Crippen molar-refractivity contribution in [3.05, 3.63) is 29.8 Å². The fourth-order valence-corrected chi connectivity index (χ4v) is 3.27. The molecule has 0 aromatic heterocycles. The molecule has 0 radical (unpaired) electrons. The minimum absolute atomic E-state index is 0.00880. The molecule has 3 rings (SSSR count). The van der Waals surface area contributed by atoms with Gasteiger partial charge in [0.05, 0.1) is 6.04 Å². The van der Waals surface area contributed by atoms with E-state index >= 15 is 0 Å². The Balaban J connectivity index is 2.13. The number of amides is 1. The van der Waals surface area contributed by atoms with Crippen molar-refractivity contribution in [2.45, 2.75) is 18.7 Å². The third-order valence-electron chi connectivity index (χ3n) is 3.86. The van der Waals surface area contributed by atoms with Crippen LogP contribution in [0.1, 0.15) is 18.5 Å². The molecule has 2 aliphatic heterocycles. The highest BCUT2D eigenvalue weighted by Gasteiger charge is 2.54. The van der Waals surface area contributed by atoms with Crippen molar-refractivity contribution in [2.75, 3.05) is 14.1 Å². The first kappa shape index (κ1) is 13.2. The summed E-state index contributed by atoms with van der Waals surface area (Å²) in [6.45, 7) is 1.87. The number of carbonyl (C=O) groups excluding carboxylic acids is 1. The van der Waals surface area contributed by atoms with E-state index in [1.807, 2.05) is 31.2 Å². The zero-order valence-corrected chi connectivity index (χ0v) is 12.5. The summed E-state index contributed by atoms with van der Waals surface area (Å²) in [6, 6.07) is 7.57. The summed E-state index contributed by atoms with van der Waals surface area (Å²) in [4.78, 5) is 14.1. The summed E-state index contributed by atoms with van der Waals surface area (Å²) in [6.07, 6.45) is 0. The normalized spacial score (nSPS) is 30.4. The summed E-state index contributed by atoms with van der Waals surface area (Å²) < 4.78 is 6.06. The van der Waals surface area contributed by atoms with Gasteiger partial charge in [-0.15, -0.1) is 0 Å². The van der Waals surface area contributed by atoms with Crippen LogP contribution in [-0.4, -0.2) is 35.7 Å². The molecule has 6 heteroatoms. The molecule has 0 spiro atoms. The molecule has 3 atom stereocenters. The first-order chi connectivity index (χ1) is 9.42. The number of hydrogen-bond donors (Lipinski definition) is 2. The summed E-state index contributed by atoms with van der Waals surface area (Å²) in [5, 5.41) is 6.82. The first-order valence-corrected chi connectivity index (χ1v) is 6.91. The van der Waals surface area contributed by atoms with Crippen LogP contribution in [0.3, 0.4) is 0 Å². The monoisotopic (exact) mass is 291 g/mol. The predicted molar refractivity (Wildman–Crippen MR) is 79.3 cm³/mol. The number of benzene rings is 1. The second-order valence-corrected chi connectivity index (χ2v) is 5.94. The van der Waals surface area contributed by atoms with Gasteiger partial charge in [0.2, 0.25) is 5.91 Å². The maximum absolute atomic E-state index is 12.6. The average Bonchev–Trinajstić information content (AvgIpc) is 2.36. The number of nitrogens with zero attached hydrogens (tertiary/aromatic N) is 1. The van der Waals surface area contributed by atoms with Crippen molar-refractivity contribution in [3.63, 3.8) is 0 Å². The van der Waals surface area contributed by atoms with Gasteiger partial charge in [-0.3, -0.25) is 4.79 Å². The van der Waals surface area contributed by atoms with Crippen LogP contribution in [-0.2, 0) is 4.79 Å². The minimum atomic E-state index is -0.831. The SMILES string of the molecule is CN(C)C(=O)[C@H]1[C@H]2NC(=S)N[C@@]1(C)Oc1ccccc12. The molecule has 1 amide bonds. The Kier molecular flexibility index (Phi) is 2.86. The molecule has 0 aliphatic carbocycles. The van der Waals surface area contributed by atoms with Crippen molar-refractivity contribution in [3.8, 4) is 5.75 Å². The van der Waals surface area contributed by atoms with Crippen molar-refractivity contribution in [1.82, 2.24) is 15.5 Å². The maximum atomic E-state index is 12.6. The molecule has 0 saturated carbocycles. The molecule has 2 N–H and O–H groups in total. The van der Waals surface area contributed by atoms with Gasteiger partial charge in [0.25, 0.3) is 0 Å². The Hall–Kier alpha value is -1.82. The van der Waals surface area contributed by atoms with Crippen LogP contribution >= 0.6 is 12.2 Å². The lowest BCUT2D eigenvalue weighted by Gasteiger charge is -2.51. The van der Waals surface area contributed by atoms with Crippen LogP contribution in [0.5, 0.6) is 5.75 Å². The smallest absolute Gasteiger partial charge is 0.233 e. The lowest BCUT2D eigenvalue weighted by molar-refractivity contribution is -0.146. The van der Waals surface area contributed by atoms with E-state index in [1.165, 1.54) is 0 Å². The van der Waals surface area contributed by atoms with Crippen LogP contribution in [0.25, 0.3) is 0 Å². The number of rotatable bonds is 1. The predicted octanol–water partition coefficient (Wildman–Crippen LogP) is 1.02. The van der Waals surface area contributed by atoms with Crippen LogP contribution in [0, 0.1) is 5.92 Å². The van der Waals surface area contributed by atoms with Crippen molar-refractivity contribution < 1.29 is 9.53 Å². The Morgan fingerprint density at radius 1 is 1.40 bits per heavy atom. The van der Waals surface area contributed by atoms with Crippen molar-refractivity contribution in [2.24, 2.45) is 5.92 Å². The summed E-state index contributed by atoms with van der Waals surface area (Å²) in [5.74, 6) is 0.416. The van der Waals surface area contributed by atoms with Crippen LogP contribution in [0.2, 0.25) is 0 Å². The molecule has 1 fully saturated rings. The van der Waals surface area contributed by atoms with Gasteiger partial charge >= 0.3 is 0 Å². The highest BCUT2D eigenvalue weighted by Crippen LogP contribution is 2.44. The van der Waals surface area contributed by atoms with E-state index in [4.69, 9.17) is 17.0 Å². The molecule has 1 saturated heterocycles. The van der Waals surface area contributed by atoms with Crippen LogP contribution in [0.15, 0.2) is 24.3 Å². The van der Waals surface area contributed by atoms with Gasteiger partial charge in [0.1, 0.15) is 11.7 Å². The van der Waals surface area contributed by atoms with E-state index in [0.717, 1.165) is 11.3 Å². The highest BCUT2D eigenvalue weighted by molar-refractivity contribution is 7.80. The number of thiocarbonyl (C=S) groups is 1. The topological polar surface area (TPSA) is 53.6 Å². The zero-order valence-electron chi connectivity index (χ0n) is 11.6. The molecule has 2 heterocycles. The maximum Gasteiger partial charge on any atom is 0.233 e. The van der Waals surface area contributed by atoms with Crippen LogP contribution in [0.4, 0.5) is 0 Å². The van der Waals surface area contributed by atoms with Gasteiger partial charge in [0, 0.05) is 19.7 Å². The number of carbonyl (C=O) groups is 1. The number of ether oxygens (including phenoxy) is 1. The van der Waals surface area contributed by atoms with E-state index in [0.29, 0.717) is 5.11 Å². The molecule has 106 valence electrons. The number of fused-ring (bicyclic) bond motifs is 4. The summed E-state index contributed by atoms with van der Waals surface area (Å²) >= 11 is 5.24. The third kappa shape index (κ3) is 1.83. The third-order valence-corrected chi connectivity index (χ3v) is 4.08. The van der Waals surface area contributed by atoms with E-state index in [-0.39, 0.29) is 17.9 Å². The second kappa shape index (κ2) is 4.34. The zero-order chi connectivity index (χ0) is 14.5. The lowest BCUT2D eigenvalue weighted by Crippen LogP contribution is -2.70. The minimum Gasteiger partial charge on any atom is -0.467 e. The number of para-hydroxylation sites is 1. The lowest BCUT2D eigenvalue weighted by atomic mass is 9.80. The molecular weight excluding hydrogens is 274 g/mol. The number of hydrogen-bond acceptors (Lipinski definition) is 3. The Morgan fingerprint density at radius 2 is 2.10 bits per heavy atom. The van der Waals surface area contributed by atoms with Gasteiger partial charge in [-0.25, -0.2) is 0 Å². The fraction of sp³-hybridized carbons (Fsp3) is 0.429. The van der Waals surface area contributed by atoms with E-state index in [1.54, 1.807) is 19.0 Å². The molecule has 2 bridgehead atoms. The molecule has 5 nitrogen and oxygen atoms in total. The van der Waals surface area contributed by atoms with Crippen molar-refractivity contribution >= 4 is 23.2 Å². The van der Waals surface area contributed by atoms with E-state index in [9.17, 15) is 4.79 Å². The second-order valence-electron chi connectivity index (χ2n) is 5.53. The van der Waals surface area contributed by atoms with Gasteiger partial charge in [-0.2, -0.15) is 0 Å². The highest BCUT2D eigenvalue weighted by atomic mass is 32.1. The Labute approximate surface area is 123 Å². The molecule has 1 aromatic rings. The quantitative estimate of drug-likeness (QED) is 0.757. The summed E-state index contributed by atoms with van der Waals surface area (Å²) in [5.41, 5.74) is 0.136. The molecule has 2 aliphatic rings. The Bertz CT molecular complexity index is 590. The first-order valence-electron chi connectivity index (χ1n) is 6.50. The van der Waals surface area contributed by atoms with Gasteiger partial charge in [0.15, 0.2) is 10.8 Å². The molecule has 0 unspecified atom stereocenters. The number of nitrogens with one attached hydrogen (secondary N) is 2. The van der Waals surface area contributed by atoms with Gasteiger partial charge < -0.3 is 20.3 Å².